The van der Waals surface area contributed by atoms with E-state index in [1.54, 1.807) is 17.0 Å². The molecule has 4 fully saturated rings. The molecule has 13 heteroatoms. The number of nitrogens with zero attached hydrogens (tertiary/aromatic N) is 5. The fraction of sp³-hybridized carbons (Fsp3) is 0.514. The lowest BCUT2D eigenvalue weighted by atomic mass is 9.91. The first-order valence-corrected chi connectivity index (χ1v) is 17.8. The maximum Gasteiger partial charge on any atom is 0.410 e. The third-order valence-electron chi connectivity index (χ3n) is 10.9. The molecule has 6 amide bonds. The molecule has 7 rings (SSSR count). The molecule has 5 aliphatic heterocycles. The van der Waals surface area contributed by atoms with Crippen LogP contribution in [0.25, 0.3) is 0 Å². The number of fused-ring (bicyclic) bond motifs is 1. The van der Waals surface area contributed by atoms with E-state index in [1.807, 2.05) is 41.3 Å². The van der Waals surface area contributed by atoms with E-state index in [0.717, 1.165) is 81.2 Å². The standard InChI is InChI=1S/C37H44N6O7/c44-32-9-8-31(34(46)38-32)43-35(47)29-7-6-28(21-30(29)36(43)48)40-13-10-25(11-14-40)23-42-15-12-27(20-33(42)45)22-39-16-18-41(19-17-39)37(49)50-24-26-4-2-1-3-5-26/h1-7,21,25,27,31H,8-20,22-24H2,(H,38,44,46)/t27-,31?/m1/s1. The van der Waals surface area contributed by atoms with Crippen LogP contribution >= 0.6 is 0 Å². The van der Waals surface area contributed by atoms with Crippen molar-refractivity contribution in [3.8, 4) is 0 Å². The summed E-state index contributed by atoms with van der Waals surface area (Å²) in [6.07, 6.45) is 3.29. The summed E-state index contributed by atoms with van der Waals surface area (Å²) in [5.74, 6) is -1.09. The summed E-state index contributed by atoms with van der Waals surface area (Å²) in [4.78, 5) is 85.4. The van der Waals surface area contributed by atoms with Crippen molar-refractivity contribution in [2.24, 2.45) is 11.8 Å². The SMILES string of the molecule is O=C1CCC(N2C(=O)c3ccc(N4CCC(CN5CC[C@@H](CN6CCN(C(=O)OCc7ccccc7)CC6)CC5=O)CC4)cc3C2=O)C(=O)N1. The number of rotatable bonds is 8. The van der Waals surface area contributed by atoms with E-state index >= 15 is 0 Å². The van der Waals surface area contributed by atoms with Gasteiger partial charge in [0.05, 0.1) is 11.1 Å². The van der Waals surface area contributed by atoms with Gasteiger partial charge in [-0.1, -0.05) is 30.3 Å². The Bertz CT molecular complexity index is 1650. The average Bonchev–Trinajstić information content (AvgIpc) is 3.37. The van der Waals surface area contributed by atoms with Gasteiger partial charge in [-0.15, -0.1) is 0 Å². The van der Waals surface area contributed by atoms with Gasteiger partial charge in [0.2, 0.25) is 17.7 Å². The summed E-state index contributed by atoms with van der Waals surface area (Å²) in [5.41, 5.74) is 2.39. The quantitative estimate of drug-likeness (QED) is 0.416. The minimum absolute atomic E-state index is 0.0855. The van der Waals surface area contributed by atoms with Gasteiger partial charge in [-0.3, -0.25) is 39.1 Å². The maximum absolute atomic E-state index is 13.3. The summed E-state index contributed by atoms with van der Waals surface area (Å²) in [6.45, 7) is 7.01. The molecule has 0 aromatic heterocycles. The Hall–Kier alpha value is -4.78. The van der Waals surface area contributed by atoms with Gasteiger partial charge in [-0.2, -0.15) is 0 Å². The van der Waals surface area contributed by atoms with Crippen molar-refractivity contribution in [1.29, 1.82) is 0 Å². The highest BCUT2D eigenvalue weighted by atomic mass is 16.6. The number of piperazine rings is 1. The predicted octanol–water partition coefficient (Wildman–Crippen LogP) is 2.50. The molecule has 50 heavy (non-hydrogen) atoms. The molecule has 2 atom stereocenters. The fourth-order valence-electron chi connectivity index (χ4n) is 7.92. The van der Waals surface area contributed by atoms with Gasteiger partial charge in [0.25, 0.3) is 11.8 Å². The zero-order valence-electron chi connectivity index (χ0n) is 28.3. The molecule has 13 nitrogen and oxygen atoms in total. The number of carbonyl (C=O) groups excluding carboxylic acids is 6. The molecular weight excluding hydrogens is 640 g/mol. The molecule has 0 radical (unpaired) electrons. The van der Waals surface area contributed by atoms with Crippen molar-refractivity contribution in [3.05, 3.63) is 65.2 Å². The van der Waals surface area contributed by atoms with E-state index in [2.05, 4.69) is 15.1 Å². The lowest BCUT2D eigenvalue weighted by molar-refractivity contribution is -0.137. The van der Waals surface area contributed by atoms with Crippen molar-refractivity contribution < 1.29 is 33.5 Å². The highest BCUT2D eigenvalue weighted by Crippen LogP contribution is 2.33. The van der Waals surface area contributed by atoms with Crippen LogP contribution in [-0.2, 0) is 25.7 Å². The summed E-state index contributed by atoms with van der Waals surface area (Å²) >= 11 is 0. The number of benzene rings is 2. The first kappa shape index (κ1) is 33.7. The molecule has 2 aromatic carbocycles. The van der Waals surface area contributed by atoms with Crippen LogP contribution in [-0.4, -0.2) is 120 Å². The van der Waals surface area contributed by atoms with E-state index in [1.165, 1.54) is 0 Å². The van der Waals surface area contributed by atoms with Crippen LogP contribution in [0.3, 0.4) is 0 Å². The number of piperidine rings is 3. The van der Waals surface area contributed by atoms with Gasteiger partial charge in [-0.25, -0.2) is 4.79 Å². The van der Waals surface area contributed by atoms with Gasteiger partial charge in [0, 0.05) is 77.4 Å². The van der Waals surface area contributed by atoms with Crippen molar-refractivity contribution in [2.45, 2.75) is 51.2 Å². The van der Waals surface area contributed by atoms with Crippen LogP contribution in [0.5, 0.6) is 0 Å². The summed E-state index contributed by atoms with van der Waals surface area (Å²) in [7, 11) is 0. The number of imide groups is 2. The smallest absolute Gasteiger partial charge is 0.410 e. The normalized spacial score (nSPS) is 23.7. The molecular formula is C37H44N6O7. The second kappa shape index (κ2) is 14.6. The van der Waals surface area contributed by atoms with Crippen molar-refractivity contribution in [2.75, 3.05) is 63.8 Å². The zero-order valence-corrected chi connectivity index (χ0v) is 28.3. The number of hydrogen-bond acceptors (Lipinski definition) is 9. The van der Waals surface area contributed by atoms with Gasteiger partial charge in [-0.05, 0) is 61.3 Å². The molecule has 2 aromatic rings. The lowest BCUT2D eigenvalue weighted by Gasteiger charge is -2.40. The number of hydrogen-bond donors (Lipinski definition) is 1. The molecule has 0 spiro atoms. The summed E-state index contributed by atoms with van der Waals surface area (Å²) < 4.78 is 5.49. The topological polar surface area (TPSA) is 140 Å². The number of ether oxygens (including phenoxy) is 1. The molecule has 5 aliphatic rings. The molecule has 1 N–H and O–H groups in total. The number of carbonyl (C=O) groups is 6. The number of likely N-dealkylation sites (tertiary alicyclic amines) is 1. The van der Waals surface area contributed by atoms with Gasteiger partial charge in [0.1, 0.15) is 12.6 Å². The maximum atomic E-state index is 13.3. The fourth-order valence-corrected chi connectivity index (χ4v) is 7.92. The van der Waals surface area contributed by atoms with E-state index in [9.17, 15) is 28.8 Å². The van der Waals surface area contributed by atoms with E-state index in [0.29, 0.717) is 31.3 Å². The van der Waals surface area contributed by atoms with Crippen LogP contribution in [0.1, 0.15) is 64.8 Å². The van der Waals surface area contributed by atoms with Gasteiger partial charge >= 0.3 is 6.09 Å². The van der Waals surface area contributed by atoms with Crippen LogP contribution in [0.2, 0.25) is 0 Å². The monoisotopic (exact) mass is 684 g/mol. The van der Waals surface area contributed by atoms with Crippen LogP contribution in [0.4, 0.5) is 10.5 Å². The van der Waals surface area contributed by atoms with Gasteiger partial charge in [0.15, 0.2) is 0 Å². The minimum atomic E-state index is -0.981. The van der Waals surface area contributed by atoms with Crippen molar-refractivity contribution in [3.63, 3.8) is 0 Å². The van der Waals surface area contributed by atoms with Crippen molar-refractivity contribution in [1.82, 2.24) is 24.9 Å². The number of nitrogens with one attached hydrogen (secondary N) is 1. The first-order chi connectivity index (χ1) is 24.2. The molecule has 1 unspecified atom stereocenters. The Morgan fingerprint density at radius 1 is 0.760 bits per heavy atom. The number of anilines is 1. The summed E-state index contributed by atoms with van der Waals surface area (Å²) in [6, 6.07) is 13.9. The molecule has 264 valence electrons. The number of amides is 6. The highest BCUT2D eigenvalue weighted by Gasteiger charge is 2.45. The highest BCUT2D eigenvalue weighted by molar-refractivity contribution is 6.23. The molecule has 0 saturated carbocycles. The molecule has 0 aliphatic carbocycles. The zero-order chi connectivity index (χ0) is 34.8. The Morgan fingerprint density at radius 3 is 2.20 bits per heavy atom. The van der Waals surface area contributed by atoms with E-state index in [-0.39, 0.29) is 42.6 Å². The Morgan fingerprint density at radius 2 is 1.48 bits per heavy atom. The second-order valence-corrected chi connectivity index (χ2v) is 14.1. The molecule has 5 heterocycles. The first-order valence-electron chi connectivity index (χ1n) is 17.8. The van der Waals surface area contributed by atoms with Crippen molar-refractivity contribution >= 4 is 41.3 Å². The minimum Gasteiger partial charge on any atom is -0.445 e. The Balaban J connectivity index is 0.832. The lowest BCUT2D eigenvalue weighted by Crippen LogP contribution is -2.54. The molecule has 4 saturated heterocycles. The predicted molar refractivity (Wildman–Crippen MR) is 182 cm³/mol. The van der Waals surface area contributed by atoms with Gasteiger partial charge < -0.3 is 19.4 Å². The van der Waals surface area contributed by atoms with Crippen LogP contribution in [0, 0.1) is 11.8 Å². The third-order valence-corrected chi connectivity index (χ3v) is 10.9. The van der Waals surface area contributed by atoms with Crippen LogP contribution < -0.4 is 10.2 Å². The van der Waals surface area contributed by atoms with E-state index < -0.39 is 29.7 Å². The van der Waals surface area contributed by atoms with E-state index in [4.69, 9.17) is 4.74 Å². The largest absolute Gasteiger partial charge is 0.445 e. The molecule has 0 bridgehead atoms. The summed E-state index contributed by atoms with van der Waals surface area (Å²) in [5, 5.41) is 2.23. The second-order valence-electron chi connectivity index (χ2n) is 14.1. The Labute approximate surface area is 291 Å². The Kier molecular flexibility index (Phi) is 9.84. The van der Waals surface area contributed by atoms with Crippen LogP contribution in [0.15, 0.2) is 48.5 Å². The third kappa shape index (κ3) is 7.23. The average molecular weight is 685 g/mol.